The zero-order valence-electron chi connectivity index (χ0n) is 39.6. The molecule has 1 atom stereocenters. The topological polar surface area (TPSA) is 101 Å². The summed E-state index contributed by atoms with van der Waals surface area (Å²) in [6.45, 7) is 8.48. The number of hydrogen-bond donors (Lipinski definition) is 0. The fourth-order valence-electron chi connectivity index (χ4n) is 6.87. The summed E-state index contributed by atoms with van der Waals surface area (Å²) in [6.07, 6.45) is 35.8. The molecule has 0 heterocycles. The molecule has 0 amide bonds. The molecule has 9 heteroatoms. The van der Waals surface area contributed by atoms with Gasteiger partial charge in [0.25, 0.3) is 0 Å². The molecule has 1 rings (SSSR count). The van der Waals surface area contributed by atoms with Crippen LogP contribution in [0.4, 0.5) is 0 Å². The normalized spacial score (nSPS) is 12.2. The quantitative estimate of drug-likeness (QED) is 0.0209. The molecule has 0 N–H and O–H groups in total. The Balaban J connectivity index is 2.63. The van der Waals surface area contributed by atoms with Crippen molar-refractivity contribution >= 4 is 17.9 Å². The van der Waals surface area contributed by atoms with Gasteiger partial charge in [-0.25, -0.2) is 4.79 Å². The number of carbonyl (C=O) groups excluding carboxylic acids is 3. The second kappa shape index (κ2) is 41.0. The minimum absolute atomic E-state index is 0.00825. The maximum atomic E-state index is 13.1. The summed E-state index contributed by atoms with van der Waals surface area (Å²) >= 11 is 0. The van der Waals surface area contributed by atoms with Gasteiger partial charge in [0, 0.05) is 32.6 Å². The minimum atomic E-state index is -0.505. The van der Waals surface area contributed by atoms with E-state index >= 15 is 0 Å². The predicted molar refractivity (Wildman–Crippen MR) is 251 cm³/mol. The number of carbonyl (C=O) groups is 3. The van der Waals surface area contributed by atoms with Gasteiger partial charge in [0.1, 0.15) is 19.8 Å². The molecule has 1 aromatic rings. The lowest BCUT2D eigenvalue weighted by atomic mass is 10.1. The molecule has 9 nitrogen and oxygen atoms in total. The minimum Gasteiger partial charge on any atom is -0.465 e. The van der Waals surface area contributed by atoms with Crippen molar-refractivity contribution in [2.45, 2.75) is 201 Å². The SMILES string of the molecule is CCCCC/C=C\C/C=C\CCCCCCCC(=O)OCC(COC(=O)CCC(OCCCCCCCC)OCCCCCCCC)COC(=O)c1cccc(CN(C)C)c1. The van der Waals surface area contributed by atoms with Crippen LogP contribution in [0.1, 0.15) is 204 Å². The zero-order valence-corrected chi connectivity index (χ0v) is 39.6. The van der Waals surface area contributed by atoms with Crippen molar-refractivity contribution in [3.05, 3.63) is 59.7 Å². The third-order valence-electron chi connectivity index (χ3n) is 10.6. The van der Waals surface area contributed by atoms with Crippen LogP contribution in [0.2, 0.25) is 0 Å². The van der Waals surface area contributed by atoms with E-state index in [4.69, 9.17) is 23.7 Å². The first-order chi connectivity index (χ1) is 29.8. The van der Waals surface area contributed by atoms with Gasteiger partial charge in [-0.3, -0.25) is 9.59 Å². The van der Waals surface area contributed by atoms with Crippen LogP contribution in [0.5, 0.6) is 0 Å². The van der Waals surface area contributed by atoms with E-state index in [2.05, 4.69) is 45.1 Å². The smallest absolute Gasteiger partial charge is 0.338 e. The summed E-state index contributed by atoms with van der Waals surface area (Å²) in [5.41, 5.74) is 1.44. The lowest BCUT2D eigenvalue weighted by molar-refractivity contribution is -0.161. The number of hydrogen-bond acceptors (Lipinski definition) is 9. The second-order valence-corrected chi connectivity index (χ2v) is 17.0. The van der Waals surface area contributed by atoms with E-state index in [0.29, 0.717) is 38.2 Å². The van der Waals surface area contributed by atoms with Crippen molar-refractivity contribution in [1.82, 2.24) is 4.90 Å². The molecule has 0 aromatic heterocycles. The first kappa shape index (κ1) is 56.0. The molecule has 61 heavy (non-hydrogen) atoms. The Labute approximate surface area is 373 Å². The number of unbranched alkanes of at least 4 members (excludes halogenated alkanes) is 18. The summed E-state index contributed by atoms with van der Waals surface area (Å²) in [7, 11) is 3.95. The summed E-state index contributed by atoms with van der Waals surface area (Å²) in [6, 6.07) is 7.35. The highest BCUT2D eigenvalue weighted by atomic mass is 16.7. The van der Waals surface area contributed by atoms with Crippen LogP contribution in [0.25, 0.3) is 0 Å². The van der Waals surface area contributed by atoms with Crippen LogP contribution in [0.15, 0.2) is 48.6 Å². The largest absolute Gasteiger partial charge is 0.465 e. The van der Waals surface area contributed by atoms with E-state index in [1.165, 1.54) is 77.0 Å². The Bertz CT molecular complexity index is 1250. The fourth-order valence-corrected chi connectivity index (χ4v) is 6.87. The summed E-state index contributed by atoms with van der Waals surface area (Å²) in [4.78, 5) is 40.9. The molecule has 1 aromatic carbocycles. The van der Waals surface area contributed by atoms with Crippen LogP contribution < -0.4 is 0 Å². The molecule has 0 aliphatic heterocycles. The molecular formula is C52H89NO8. The standard InChI is InChI=1S/C52H89NO8/c1-6-9-12-15-18-19-20-21-22-23-24-25-26-27-30-36-49(54)59-43-47(45-61-52(56)48-35-33-34-46(41-48)42-53(4)5)44-60-50(55)37-38-51(57-39-31-28-16-13-10-7-2)58-40-32-29-17-14-11-8-3/h18-19,21-22,33-35,41,47,51H,6-17,20,23-32,36-40,42-45H2,1-5H3/b19-18-,22-21-. The van der Waals surface area contributed by atoms with Gasteiger partial charge in [0.15, 0.2) is 6.29 Å². The molecule has 0 spiro atoms. The van der Waals surface area contributed by atoms with Crippen molar-refractivity contribution < 1.29 is 38.1 Å². The highest BCUT2D eigenvalue weighted by Crippen LogP contribution is 2.15. The second-order valence-electron chi connectivity index (χ2n) is 17.0. The molecule has 0 aliphatic carbocycles. The van der Waals surface area contributed by atoms with Crippen LogP contribution in [0.3, 0.4) is 0 Å². The first-order valence-electron chi connectivity index (χ1n) is 24.5. The van der Waals surface area contributed by atoms with E-state index < -0.39 is 18.2 Å². The Morgan fingerprint density at radius 1 is 0.574 bits per heavy atom. The number of allylic oxidation sites excluding steroid dienone is 4. The van der Waals surface area contributed by atoms with Crippen molar-refractivity contribution in [3.8, 4) is 0 Å². The van der Waals surface area contributed by atoms with Gasteiger partial charge in [-0.05, 0) is 83.2 Å². The van der Waals surface area contributed by atoms with Crippen molar-refractivity contribution in [3.63, 3.8) is 0 Å². The summed E-state index contributed by atoms with van der Waals surface area (Å²) < 4.78 is 29.3. The van der Waals surface area contributed by atoms with Crippen molar-refractivity contribution in [1.29, 1.82) is 0 Å². The lowest BCUT2D eigenvalue weighted by Crippen LogP contribution is -2.27. The summed E-state index contributed by atoms with van der Waals surface area (Å²) in [5, 5.41) is 0. The maximum absolute atomic E-state index is 13.1. The number of benzene rings is 1. The number of nitrogens with zero attached hydrogens (tertiary/aromatic N) is 1. The Morgan fingerprint density at radius 3 is 1.66 bits per heavy atom. The van der Waals surface area contributed by atoms with E-state index in [1.54, 1.807) is 6.07 Å². The van der Waals surface area contributed by atoms with Crippen LogP contribution in [-0.4, -0.2) is 76.2 Å². The monoisotopic (exact) mass is 856 g/mol. The third-order valence-corrected chi connectivity index (χ3v) is 10.6. The average Bonchev–Trinajstić information content (AvgIpc) is 3.25. The maximum Gasteiger partial charge on any atom is 0.338 e. The van der Waals surface area contributed by atoms with Gasteiger partial charge in [0.05, 0.1) is 17.9 Å². The Kier molecular flexibility index (Phi) is 37.7. The van der Waals surface area contributed by atoms with Gasteiger partial charge < -0.3 is 28.6 Å². The van der Waals surface area contributed by atoms with Gasteiger partial charge in [0.2, 0.25) is 0 Å². The van der Waals surface area contributed by atoms with E-state index in [0.717, 1.165) is 76.2 Å². The number of rotatable bonds is 42. The van der Waals surface area contributed by atoms with E-state index in [-0.39, 0.29) is 38.2 Å². The Hall–Kier alpha value is -3.01. The molecule has 0 saturated heterocycles. The number of ether oxygens (including phenoxy) is 5. The fraction of sp³-hybridized carbons (Fsp3) is 0.750. The summed E-state index contributed by atoms with van der Waals surface area (Å²) in [5.74, 6) is -1.66. The molecule has 0 fully saturated rings. The number of esters is 3. The van der Waals surface area contributed by atoms with Crippen molar-refractivity contribution in [2.75, 3.05) is 47.1 Å². The molecule has 350 valence electrons. The zero-order chi connectivity index (χ0) is 44.4. The van der Waals surface area contributed by atoms with E-state index in [9.17, 15) is 14.4 Å². The van der Waals surface area contributed by atoms with Gasteiger partial charge in [-0.15, -0.1) is 0 Å². The average molecular weight is 856 g/mol. The van der Waals surface area contributed by atoms with Gasteiger partial charge in [-0.1, -0.05) is 154 Å². The van der Waals surface area contributed by atoms with Crippen LogP contribution >= 0.6 is 0 Å². The van der Waals surface area contributed by atoms with Gasteiger partial charge >= 0.3 is 17.9 Å². The van der Waals surface area contributed by atoms with Crippen LogP contribution in [0, 0.1) is 5.92 Å². The van der Waals surface area contributed by atoms with Gasteiger partial charge in [-0.2, -0.15) is 0 Å². The molecular weight excluding hydrogens is 767 g/mol. The predicted octanol–water partition coefficient (Wildman–Crippen LogP) is 13.3. The highest BCUT2D eigenvalue weighted by molar-refractivity contribution is 5.89. The Morgan fingerprint density at radius 2 is 1.07 bits per heavy atom. The lowest BCUT2D eigenvalue weighted by Gasteiger charge is -2.20. The highest BCUT2D eigenvalue weighted by Gasteiger charge is 2.20. The molecule has 0 saturated carbocycles. The first-order valence-corrected chi connectivity index (χ1v) is 24.5. The van der Waals surface area contributed by atoms with Crippen molar-refractivity contribution in [2.24, 2.45) is 5.92 Å². The molecule has 0 aliphatic rings. The van der Waals surface area contributed by atoms with Crippen LogP contribution in [-0.2, 0) is 39.8 Å². The molecule has 0 bridgehead atoms. The molecule has 0 radical (unpaired) electrons. The molecule has 1 unspecified atom stereocenters. The van der Waals surface area contributed by atoms with E-state index in [1.807, 2.05) is 37.2 Å². The third kappa shape index (κ3) is 35.2.